The lowest BCUT2D eigenvalue weighted by atomic mass is 10.0. The summed E-state index contributed by atoms with van der Waals surface area (Å²) in [6, 6.07) is 11.2. The first-order chi connectivity index (χ1) is 12.7. The van der Waals surface area contributed by atoms with Crippen molar-refractivity contribution in [1.29, 1.82) is 0 Å². The molecule has 26 heavy (non-hydrogen) atoms. The maximum atomic E-state index is 11.9. The molecule has 3 heterocycles. The molecule has 0 atom stereocenters. The normalized spacial score (nSPS) is 15.5. The minimum atomic E-state index is -0.347. The van der Waals surface area contributed by atoms with Crippen LogP contribution in [0, 0.1) is 6.92 Å². The van der Waals surface area contributed by atoms with Gasteiger partial charge < -0.3 is 23.5 Å². The van der Waals surface area contributed by atoms with Gasteiger partial charge in [-0.1, -0.05) is 0 Å². The molecule has 0 saturated heterocycles. The van der Waals surface area contributed by atoms with Crippen molar-refractivity contribution in [3.8, 4) is 17.2 Å². The van der Waals surface area contributed by atoms with E-state index in [1.165, 1.54) is 6.07 Å². The number of hydrogen-bond donors (Lipinski definition) is 0. The van der Waals surface area contributed by atoms with Crippen LogP contribution in [0.2, 0.25) is 0 Å². The Bertz CT molecular complexity index is 1070. The van der Waals surface area contributed by atoms with Crippen molar-refractivity contribution in [2.24, 2.45) is 0 Å². The predicted molar refractivity (Wildman–Crippen MR) is 96.3 cm³/mol. The molecule has 0 aliphatic carbocycles. The Morgan fingerprint density at radius 3 is 2.62 bits per heavy atom. The van der Waals surface area contributed by atoms with Crippen LogP contribution in [0.5, 0.6) is 17.2 Å². The molecule has 0 radical (unpaired) electrons. The average molecular weight is 351 g/mol. The molecule has 132 valence electrons. The average Bonchev–Trinajstić information content (AvgIpc) is 2.67. The van der Waals surface area contributed by atoms with Gasteiger partial charge in [0.25, 0.3) is 0 Å². The van der Waals surface area contributed by atoms with Crippen LogP contribution in [-0.4, -0.2) is 19.9 Å². The SMILES string of the molecule is Cc1cc(=O)oc2c3c(ccc12)OCN(c1ccc2c(c1)OCCO2)C3. The number of nitrogens with zero attached hydrogens (tertiary/aromatic N) is 1. The molecule has 0 saturated carbocycles. The molecule has 2 aromatic carbocycles. The molecule has 1 aromatic heterocycles. The van der Waals surface area contributed by atoms with E-state index < -0.39 is 0 Å². The number of fused-ring (bicyclic) bond motifs is 4. The van der Waals surface area contributed by atoms with Gasteiger partial charge in [-0.2, -0.15) is 0 Å². The number of anilines is 1. The van der Waals surface area contributed by atoms with E-state index in [9.17, 15) is 4.79 Å². The van der Waals surface area contributed by atoms with E-state index >= 15 is 0 Å². The Hall–Kier alpha value is -3.15. The summed E-state index contributed by atoms with van der Waals surface area (Å²) in [5, 5.41) is 0.927. The summed E-state index contributed by atoms with van der Waals surface area (Å²) in [5.74, 6) is 2.24. The Kier molecular flexibility index (Phi) is 3.31. The molecule has 0 unspecified atom stereocenters. The highest BCUT2D eigenvalue weighted by Crippen LogP contribution is 2.38. The number of benzene rings is 2. The molecule has 5 rings (SSSR count). The molecule has 0 bridgehead atoms. The van der Waals surface area contributed by atoms with Crippen molar-refractivity contribution in [3.63, 3.8) is 0 Å². The number of hydrogen-bond acceptors (Lipinski definition) is 6. The first kappa shape index (κ1) is 15.1. The molecule has 0 fully saturated rings. The van der Waals surface area contributed by atoms with E-state index in [2.05, 4.69) is 4.90 Å². The molecule has 3 aromatic rings. The largest absolute Gasteiger partial charge is 0.486 e. The molecule has 0 N–H and O–H groups in total. The zero-order chi connectivity index (χ0) is 17.7. The van der Waals surface area contributed by atoms with Crippen LogP contribution in [0.25, 0.3) is 11.0 Å². The van der Waals surface area contributed by atoms with Gasteiger partial charge in [0.1, 0.15) is 24.5 Å². The topological polar surface area (TPSA) is 61.1 Å². The van der Waals surface area contributed by atoms with E-state index in [0.29, 0.717) is 32.1 Å². The smallest absolute Gasteiger partial charge is 0.336 e. The van der Waals surface area contributed by atoms with Gasteiger partial charge in [-0.3, -0.25) is 0 Å². The maximum absolute atomic E-state index is 11.9. The van der Waals surface area contributed by atoms with E-state index in [1.54, 1.807) is 0 Å². The van der Waals surface area contributed by atoms with Crippen LogP contribution >= 0.6 is 0 Å². The van der Waals surface area contributed by atoms with Gasteiger partial charge in [0.05, 0.1) is 12.1 Å². The lowest BCUT2D eigenvalue weighted by Gasteiger charge is -2.31. The van der Waals surface area contributed by atoms with Crippen molar-refractivity contribution in [2.45, 2.75) is 13.5 Å². The number of aryl methyl sites for hydroxylation is 1. The van der Waals surface area contributed by atoms with Gasteiger partial charge in [0.15, 0.2) is 18.2 Å². The van der Waals surface area contributed by atoms with Crippen LogP contribution in [0.3, 0.4) is 0 Å². The summed E-state index contributed by atoms with van der Waals surface area (Å²) in [6.07, 6.45) is 0. The van der Waals surface area contributed by atoms with Crippen LogP contribution in [-0.2, 0) is 6.54 Å². The summed E-state index contributed by atoms with van der Waals surface area (Å²) in [4.78, 5) is 13.9. The Morgan fingerprint density at radius 1 is 0.923 bits per heavy atom. The van der Waals surface area contributed by atoms with Gasteiger partial charge in [0, 0.05) is 23.2 Å². The first-order valence-electron chi connectivity index (χ1n) is 8.53. The monoisotopic (exact) mass is 351 g/mol. The lowest BCUT2D eigenvalue weighted by Crippen LogP contribution is -2.32. The van der Waals surface area contributed by atoms with Crippen molar-refractivity contribution < 1.29 is 18.6 Å². The quantitative estimate of drug-likeness (QED) is 0.628. The molecule has 6 heteroatoms. The minimum Gasteiger partial charge on any atom is -0.486 e. The Labute approximate surface area is 149 Å². The van der Waals surface area contributed by atoms with Gasteiger partial charge in [0.2, 0.25) is 0 Å². The van der Waals surface area contributed by atoms with E-state index in [1.807, 2.05) is 37.3 Å². The fourth-order valence-corrected chi connectivity index (χ4v) is 3.48. The zero-order valence-corrected chi connectivity index (χ0v) is 14.3. The van der Waals surface area contributed by atoms with E-state index in [0.717, 1.165) is 39.4 Å². The van der Waals surface area contributed by atoms with Gasteiger partial charge in [-0.05, 0) is 36.8 Å². The summed E-state index contributed by atoms with van der Waals surface area (Å²) in [7, 11) is 0. The zero-order valence-electron chi connectivity index (χ0n) is 14.3. The van der Waals surface area contributed by atoms with Crippen LogP contribution < -0.4 is 24.7 Å². The second-order valence-corrected chi connectivity index (χ2v) is 6.47. The third-order valence-electron chi connectivity index (χ3n) is 4.80. The number of rotatable bonds is 1. The molecule has 0 amide bonds. The third kappa shape index (κ3) is 2.37. The summed E-state index contributed by atoms with van der Waals surface area (Å²) < 4.78 is 22.7. The van der Waals surface area contributed by atoms with E-state index in [-0.39, 0.29) is 5.63 Å². The van der Waals surface area contributed by atoms with Crippen molar-refractivity contribution >= 4 is 16.7 Å². The second-order valence-electron chi connectivity index (χ2n) is 6.47. The third-order valence-corrected chi connectivity index (χ3v) is 4.80. The highest BCUT2D eigenvalue weighted by atomic mass is 16.6. The van der Waals surface area contributed by atoms with Crippen molar-refractivity contribution in [1.82, 2.24) is 0 Å². The van der Waals surface area contributed by atoms with Gasteiger partial charge in [-0.25, -0.2) is 4.79 Å². The molecule has 2 aliphatic rings. The standard InChI is InChI=1S/C20H17NO5/c1-12-8-19(22)26-20-14(12)3-5-16-15(20)10-21(11-25-16)13-2-4-17-18(9-13)24-7-6-23-17/h2-5,8-9H,6-7,10-11H2,1H3. The molecular formula is C20H17NO5. The van der Waals surface area contributed by atoms with Crippen LogP contribution in [0.1, 0.15) is 11.1 Å². The van der Waals surface area contributed by atoms with Gasteiger partial charge in [-0.15, -0.1) is 0 Å². The fourth-order valence-electron chi connectivity index (χ4n) is 3.48. The van der Waals surface area contributed by atoms with Gasteiger partial charge >= 0.3 is 5.63 Å². The first-order valence-corrected chi connectivity index (χ1v) is 8.53. The van der Waals surface area contributed by atoms with E-state index in [4.69, 9.17) is 18.6 Å². The summed E-state index contributed by atoms with van der Waals surface area (Å²) >= 11 is 0. The Balaban J connectivity index is 1.57. The molecule has 6 nitrogen and oxygen atoms in total. The molecule has 2 aliphatic heterocycles. The number of ether oxygens (including phenoxy) is 3. The minimum absolute atomic E-state index is 0.347. The highest BCUT2D eigenvalue weighted by Gasteiger charge is 2.23. The predicted octanol–water partition coefficient (Wildman–Crippen LogP) is 3.23. The lowest BCUT2D eigenvalue weighted by molar-refractivity contribution is 0.171. The fraction of sp³-hybridized carbons (Fsp3) is 0.250. The summed E-state index contributed by atoms with van der Waals surface area (Å²) in [5.41, 5.74) is 2.99. The maximum Gasteiger partial charge on any atom is 0.336 e. The van der Waals surface area contributed by atoms with Crippen LogP contribution in [0.15, 0.2) is 45.6 Å². The highest BCUT2D eigenvalue weighted by molar-refractivity contribution is 5.85. The van der Waals surface area contributed by atoms with Crippen LogP contribution in [0.4, 0.5) is 5.69 Å². The Morgan fingerprint density at radius 2 is 1.73 bits per heavy atom. The summed E-state index contributed by atoms with van der Waals surface area (Å²) in [6.45, 7) is 4.02. The second kappa shape index (κ2) is 5.69. The van der Waals surface area contributed by atoms with Crippen molar-refractivity contribution in [2.75, 3.05) is 24.8 Å². The molecular weight excluding hydrogens is 334 g/mol. The molecule has 0 spiro atoms. The van der Waals surface area contributed by atoms with Crippen molar-refractivity contribution in [3.05, 3.63) is 57.9 Å².